The van der Waals surface area contributed by atoms with E-state index in [1.54, 1.807) is 0 Å². The third-order valence-corrected chi connectivity index (χ3v) is 2.97. The summed E-state index contributed by atoms with van der Waals surface area (Å²) in [5, 5.41) is 19.4. The van der Waals surface area contributed by atoms with E-state index in [-0.39, 0.29) is 10.6 Å². The Bertz CT molecular complexity index is 546. The summed E-state index contributed by atoms with van der Waals surface area (Å²) >= 11 is 5.63. The molecule has 0 saturated carbocycles. The molecule has 102 valence electrons. The van der Waals surface area contributed by atoms with Gasteiger partial charge in [0.1, 0.15) is 11.1 Å². The molecule has 0 aliphatic rings. The molecule has 1 aromatic rings. The van der Waals surface area contributed by atoms with E-state index in [0.717, 1.165) is 11.0 Å². The summed E-state index contributed by atoms with van der Waals surface area (Å²) in [7, 11) is 1.31. The Morgan fingerprint density at radius 1 is 1.47 bits per heavy atom. The SMILES string of the molecule is CC(C(=O)O)N(C)C(=O)c1ccc(Cl)c([N+](=O)[O-])c1. The minimum absolute atomic E-state index is 0.00620. The van der Waals surface area contributed by atoms with Crippen molar-refractivity contribution in [1.82, 2.24) is 4.90 Å². The van der Waals surface area contributed by atoms with Gasteiger partial charge in [-0.1, -0.05) is 11.6 Å². The number of nitro groups is 1. The Morgan fingerprint density at radius 3 is 2.53 bits per heavy atom. The van der Waals surface area contributed by atoms with Crippen molar-refractivity contribution in [2.24, 2.45) is 0 Å². The summed E-state index contributed by atoms with van der Waals surface area (Å²) in [5.74, 6) is -1.80. The van der Waals surface area contributed by atoms with Crippen LogP contribution in [0.4, 0.5) is 5.69 Å². The Kier molecular flexibility index (Phi) is 4.44. The first-order valence-corrected chi connectivity index (χ1v) is 5.57. The highest BCUT2D eigenvalue weighted by Gasteiger charge is 2.24. The average Bonchev–Trinajstić information content (AvgIpc) is 2.36. The molecule has 0 heterocycles. The number of halogens is 1. The van der Waals surface area contributed by atoms with Gasteiger partial charge in [-0.05, 0) is 19.1 Å². The molecule has 0 aliphatic heterocycles. The molecule has 0 spiro atoms. The smallest absolute Gasteiger partial charge is 0.326 e. The van der Waals surface area contributed by atoms with Crippen molar-refractivity contribution >= 4 is 29.2 Å². The molecule has 1 rings (SSSR count). The number of carbonyl (C=O) groups excluding carboxylic acids is 1. The van der Waals surface area contributed by atoms with Crippen LogP contribution in [0.2, 0.25) is 5.02 Å². The number of hydrogen-bond donors (Lipinski definition) is 1. The van der Waals surface area contributed by atoms with Crippen LogP contribution in [-0.4, -0.2) is 39.9 Å². The predicted octanol–water partition coefficient (Wildman–Crippen LogP) is 1.79. The Labute approximate surface area is 113 Å². The number of likely N-dealkylation sites (N-methyl/N-ethyl adjacent to an activating group) is 1. The number of aliphatic carboxylic acids is 1. The monoisotopic (exact) mass is 286 g/mol. The number of nitro benzene ring substituents is 1. The van der Waals surface area contributed by atoms with Gasteiger partial charge < -0.3 is 10.0 Å². The number of hydrogen-bond acceptors (Lipinski definition) is 4. The molecule has 1 N–H and O–H groups in total. The molecule has 0 radical (unpaired) electrons. The van der Waals surface area contributed by atoms with E-state index in [2.05, 4.69) is 0 Å². The lowest BCUT2D eigenvalue weighted by atomic mass is 10.1. The van der Waals surface area contributed by atoms with E-state index in [0.29, 0.717) is 0 Å². The molecule has 19 heavy (non-hydrogen) atoms. The minimum atomic E-state index is -1.17. The van der Waals surface area contributed by atoms with Crippen LogP contribution in [0.5, 0.6) is 0 Å². The lowest BCUT2D eigenvalue weighted by Gasteiger charge is -2.21. The second-order valence-electron chi connectivity index (χ2n) is 3.85. The van der Waals surface area contributed by atoms with Gasteiger partial charge in [-0.25, -0.2) is 4.79 Å². The quantitative estimate of drug-likeness (QED) is 0.672. The topological polar surface area (TPSA) is 101 Å². The highest BCUT2D eigenvalue weighted by Crippen LogP contribution is 2.25. The second-order valence-corrected chi connectivity index (χ2v) is 4.26. The normalized spacial score (nSPS) is 11.7. The van der Waals surface area contributed by atoms with Crippen molar-refractivity contribution in [3.63, 3.8) is 0 Å². The minimum Gasteiger partial charge on any atom is -0.480 e. The predicted molar refractivity (Wildman–Crippen MR) is 67.3 cm³/mol. The summed E-state index contributed by atoms with van der Waals surface area (Å²) in [6.07, 6.45) is 0. The average molecular weight is 287 g/mol. The fourth-order valence-corrected chi connectivity index (χ4v) is 1.52. The standard InChI is InChI=1S/C11H11ClN2O5/c1-6(11(16)17)13(2)10(15)7-3-4-8(12)9(5-7)14(18)19/h3-6H,1-2H3,(H,16,17). The molecule has 0 aliphatic carbocycles. The third-order valence-electron chi connectivity index (χ3n) is 2.65. The lowest BCUT2D eigenvalue weighted by molar-refractivity contribution is -0.384. The molecule has 1 atom stereocenters. The molecule has 8 heteroatoms. The van der Waals surface area contributed by atoms with Crippen LogP contribution in [0.15, 0.2) is 18.2 Å². The first-order valence-electron chi connectivity index (χ1n) is 5.19. The summed E-state index contributed by atoms with van der Waals surface area (Å²) in [4.78, 5) is 33.7. The van der Waals surface area contributed by atoms with Crippen LogP contribution in [0.3, 0.4) is 0 Å². The van der Waals surface area contributed by atoms with E-state index in [9.17, 15) is 19.7 Å². The summed E-state index contributed by atoms with van der Waals surface area (Å²) in [6.45, 7) is 1.34. The van der Waals surface area contributed by atoms with Crippen LogP contribution < -0.4 is 0 Å². The zero-order chi connectivity index (χ0) is 14.7. The van der Waals surface area contributed by atoms with Crippen LogP contribution in [0.25, 0.3) is 0 Å². The van der Waals surface area contributed by atoms with Gasteiger partial charge in [0, 0.05) is 18.7 Å². The van der Waals surface area contributed by atoms with E-state index >= 15 is 0 Å². The maximum atomic E-state index is 12.0. The summed E-state index contributed by atoms with van der Waals surface area (Å²) in [6, 6.07) is 2.52. The van der Waals surface area contributed by atoms with Crippen molar-refractivity contribution in [1.29, 1.82) is 0 Å². The van der Waals surface area contributed by atoms with Crippen LogP contribution in [-0.2, 0) is 4.79 Å². The third kappa shape index (κ3) is 3.19. The van der Waals surface area contributed by atoms with Crippen molar-refractivity contribution in [3.8, 4) is 0 Å². The zero-order valence-corrected chi connectivity index (χ0v) is 10.9. The molecule has 7 nitrogen and oxygen atoms in total. The molecular formula is C11H11ClN2O5. The first kappa shape index (κ1) is 14.9. The molecule has 1 unspecified atom stereocenters. The van der Waals surface area contributed by atoms with Gasteiger partial charge >= 0.3 is 5.97 Å². The number of benzene rings is 1. The number of nitrogens with zero attached hydrogens (tertiary/aromatic N) is 2. The largest absolute Gasteiger partial charge is 0.480 e. The Hall–Kier alpha value is -2.15. The Morgan fingerprint density at radius 2 is 2.05 bits per heavy atom. The van der Waals surface area contributed by atoms with Gasteiger partial charge in [0.2, 0.25) is 0 Å². The molecule has 0 saturated heterocycles. The van der Waals surface area contributed by atoms with E-state index in [1.165, 1.54) is 26.1 Å². The van der Waals surface area contributed by atoms with Gasteiger partial charge in [0.15, 0.2) is 0 Å². The molecular weight excluding hydrogens is 276 g/mol. The highest BCUT2D eigenvalue weighted by atomic mass is 35.5. The van der Waals surface area contributed by atoms with Gasteiger partial charge in [0.25, 0.3) is 11.6 Å². The second kappa shape index (κ2) is 5.66. The van der Waals surface area contributed by atoms with Crippen molar-refractivity contribution in [3.05, 3.63) is 38.9 Å². The maximum Gasteiger partial charge on any atom is 0.326 e. The van der Waals surface area contributed by atoms with Crippen LogP contribution >= 0.6 is 11.6 Å². The fourth-order valence-electron chi connectivity index (χ4n) is 1.33. The van der Waals surface area contributed by atoms with Crippen molar-refractivity contribution < 1.29 is 19.6 Å². The number of carboxylic acids is 1. The summed E-state index contributed by atoms with van der Waals surface area (Å²) < 4.78 is 0. The number of amides is 1. The van der Waals surface area contributed by atoms with E-state index < -0.39 is 28.5 Å². The number of carboxylic acid groups (broad SMARTS) is 1. The van der Waals surface area contributed by atoms with Crippen molar-refractivity contribution in [2.45, 2.75) is 13.0 Å². The maximum absolute atomic E-state index is 12.0. The lowest BCUT2D eigenvalue weighted by Crippen LogP contribution is -2.40. The highest BCUT2D eigenvalue weighted by molar-refractivity contribution is 6.32. The van der Waals surface area contributed by atoms with Gasteiger partial charge in [-0.15, -0.1) is 0 Å². The van der Waals surface area contributed by atoms with Gasteiger partial charge in [0.05, 0.1) is 4.92 Å². The Balaban J connectivity index is 3.10. The van der Waals surface area contributed by atoms with E-state index in [4.69, 9.17) is 16.7 Å². The zero-order valence-electron chi connectivity index (χ0n) is 10.2. The van der Waals surface area contributed by atoms with Gasteiger partial charge in [-0.2, -0.15) is 0 Å². The van der Waals surface area contributed by atoms with Gasteiger partial charge in [-0.3, -0.25) is 14.9 Å². The number of carbonyl (C=O) groups is 2. The molecule has 0 fully saturated rings. The molecule has 1 aromatic carbocycles. The molecule has 0 aromatic heterocycles. The first-order chi connectivity index (χ1) is 8.75. The van der Waals surface area contributed by atoms with Crippen molar-refractivity contribution in [2.75, 3.05) is 7.05 Å². The van der Waals surface area contributed by atoms with E-state index in [1.807, 2.05) is 0 Å². The van der Waals surface area contributed by atoms with Crippen LogP contribution in [0, 0.1) is 10.1 Å². The molecule has 0 bridgehead atoms. The number of rotatable bonds is 4. The molecule has 1 amide bonds. The fraction of sp³-hybridized carbons (Fsp3) is 0.273. The summed E-state index contributed by atoms with van der Waals surface area (Å²) in [5.41, 5.74) is -0.393. The van der Waals surface area contributed by atoms with Crippen LogP contribution in [0.1, 0.15) is 17.3 Å².